The van der Waals surface area contributed by atoms with E-state index in [-0.39, 0.29) is 11.9 Å². The molecule has 5 heteroatoms. The van der Waals surface area contributed by atoms with Crippen molar-refractivity contribution >= 4 is 25.9 Å². The largest absolute Gasteiger partial charge is 0.324 e. The Morgan fingerprint density at radius 3 is 1.43 bits per heavy atom. The molecule has 0 atom stereocenters. The molecule has 0 bridgehead atoms. The molecule has 0 aromatic heterocycles. The van der Waals surface area contributed by atoms with Gasteiger partial charge in [-0.25, -0.2) is 4.79 Å². The van der Waals surface area contributed by atoms with Gasteiger partial charge in [0, 0.05) is 5.69 Å². The minimum atomic E-state index is -2.43. The number of carbonyl (C=O) groups excluding carboxylic acids is 2. The van der Waals surface area contributed by atoms with Gasteiger partial charge in [0.15, 0.2) is 13.8 Å². The molecule has 1 saturated heterocycles. The van der Waals surface area contributed by atoms with E-state index in [1.54, 1.807) is 9.47 Å². The fourth-order valence-electron chi connectivity index (χ4n) is 6.02. The van der Waals surface area contributed by atoms with E-state index in [9.17, 15) is 9.59 Å². The predicted octanol–water partition coefficient (Wildman–Crippen LogP) is 7.57. The molecule has 3 aromatic carbocycles. The van der Waals surface area contributed by atoms with Gasteiger partial charge in [0.2, 0.25) is 0 Å². The molecule has 1 fully saturated rings. The van der Waals surface area contributed by atoms with Crippen LogP contribution in [0.25, 0.3) is 0 Å². The van der Waals surface area contributed by atoms with Crippen LogP contribution in [0.4, 0.5) is 10.5 Å². The maximum Gasteiger partial charge on any atom is 0.324 e. The first-order valence-electron chi connectivity index (χ1n) is 12.9. The van der Waals surface area contributed by atoms with E-state index >= 15 is 0 Å². The normalized spacial score (nSPS) is 15.6. The van der Waals surface area contributed by atoms with Crippen molar-refractivity contribution in [1.82, 2.24) is 4.57 Å². The molecule has 0 radical (unpaired) electrons. The summed E-state index contributed by atoms with van der Waals surface area (Å²) in [5.41, 5.74) is 1.15. The number of amides is 3. The number of nitrogens with zero attached hydrogens (tertiary/aromatic N) is 2. The van der Waals surface area contributed by atoms with Gasteiger partial charge in [0.1, 0.15) is 0 Å². The third kappa shape index (κ3) is 4.12. The van der Waals surface area contributed by atoms with E-state index in [4.69, 9.17) is 0 Å². The second-order valence-corrected chi connectivity index (χ2v) is 13.9. The number of hydrogen-bond acceptors (Lipinski definition) is 2. The molecular formula is C30H36N2O2Si. The first kappa shape index (κ1) is 24.9. The summed E-state index contributed by atoms with van der Waals surface area (Å²) in [6.07, 6.45) is 2.91. The molecular weight excluding hydrogens is 448 g/mol. The SMILES string of the molecule is CCC[Si](CCC)(CCC)N1C(=O)N(c2ccccc2)C(c2ccccc2)(c2ccccc2)C1=O. The Bertz CT molecular complexity index is 1080. The Labute approximate surface area is 210 Å². The monoisotopic (exact) mass is 484 g/mol. The van der Waals surface area contributed by atoms with E-state index in [0.29, 0.717) is 0 Å². The first-order chi connectivity index (χ1) is 17.1. The van der Waals surface area contributed by atoms with Crippen molar-refractivity contribution in [2.45, 2.75) is 63.7 Å². The lowest BCUT2D eigenvalue weighted by molar-refractivity contribution is -0.127. The van der Waals surface area contributed by atoms with Crippen LogP contribution in [0.2, 0.25) is 18.1 Å². The quantitative estimate of drug-likeness (QED) is 0.220. The van der Waals surface area contributed by atoms with Crippen LogP contribution < -0.4 is 4.90 Å². The third-order valence-corrected chi connectivity index (χ3v) is 12.9. The average molecular weight is 485 g/mol. The highest BCUT2D eigenvalue weighted by Gasteiger charge is 2.64. The van der Waals surface area contributed by atoms with Gasteiger partial charge in [0.25, 0.3) is 5.91 Å². The third-order valence-electron chi connectivity index (χ3n) is 7.25. The van der Waals surface area contributed by atoms with Crippen LogP contribution in [-0.2, 0) is 10.3 Å². The maximum absolute atomic E-state index is 15.0. The van der Waals surface area contributed by atoms with E-state index in [1.165, 1.54) is 0 Å². The van der Waals surface area contributed by atoms with Crippen LogP contribution in [0.3, 0.4) is 0 Å². The van der Waals surface area contributed by atoms with Crippen LogP contribution in [0.1, 0.15) is 51.2 Å². The molecule has 1 aliphatic heterocycles. The summed E-state index contributed by atoms with van der Waals surface area (Å²) in [4.78, 5) is 31.4. The molecule has 4 rings (SSSR count). The summed E-state index contributed by atoms with van der Waals surface area (Å²) >= 11 is 0. The summed E-state index contributed by atoms with van der Waals surface area (Å²) in [6, 6.07) is 32.0. The van der Waals surface area contributed by atoms with Crippen LogP contribution in [0, 0.1) is 0 Å². The van der Waals surface area contributed by atoms with Crippen LogP contribution in [-0.4, -0.2) is 24.7 Å². The van der Waals surface area contributed by atoms with E-state index < -0.39 is 13.8 Å². The van der Waals surface area contributed by atoms with Crippen molar-refractivity contribution in [3.63, 3.8) is 0 Å². The van der Waals surface area contributed by atoms with Crippen molar-refractivity contribution in [2.75, 3.05) is 4.90 Å². The lowest BCUT2D eigenvalue weighted by atomic mass is 9.81. The lowest BCUT2D eigenvalue weighted by Crippen LogP contribution is -2.57. The van der Waals surface area contributed by atoms with Crippen LogP contribution >= 0.6 is 0 Å². The van der Waals surface area contributed by atoms with Gasteiger partial charge in [0.05, 0.1) is 0 Å². The lowest BCUT2D eigenvalue weighted by Gasteiger charge is -2.39. The summed E-state index contributed by atoms with van der Waals surface area (Å²) in [7, 11) is -2.43. The smallest absolute Gasteiger partial charge is 0.291 e. The fourth-order valence-corrected chi connectivity index (χ4v) is 11.3. The highest BCUT2D eigenvalue weighted by atomic mass is 28.3. The number of benzene rings is 3. The van der Waals surface area contributed by atoms with Crippen molar-refractivity contribution in [1.29, 1.82) is 0 Å². The minimum absolute atomic E-state index is 0.0919. The molecule has 4 nitrogen and oxygen atoms in total. The van der Waals surface area contributed by atoms with Crippen molar-refractivity contribution in [3.05, 3.63) is 102 Å². The van der Waals surface area contributed by atoms with Gasteiger partial charge < -0.3 is 0 Å². The molecule has 1 aliphatic rings. The number of hydrogen-bond donors (Lipinski definition) is 0. The van der Waals surface area contributed by atoms with Gasteiger partial charge in [-0.15, -0.1) is 0 Å². The highest BCUT2D eigenvalue weighted by Crippen LogP contribution is 2.49. The molecule has 0 spiro atoms. The summed E-state index contributed by atoms with van der Waals surface area (Å²) in [6.45, 7) is 6.53. The zero-order valence-electron chi connectivity index (χ0n) is 21.1. The maximum atomic E-state index is 15.0. The highest BCUT2D eigenvalue weighted by molar-refractivity contribution is 6.82. The Morgan fingerprint density at radius 1 is 0.629 bits per heavy atom. The van der Waals surface area contributed by atoms with Crippen molar-refractivity contribution in [3.8, 4) is 0 Å². The summed E-state index contributed by atoms with van der Waals surface area (Å²) in [5.74, 6) is -0.0919. The predicted molar refractivity (Wildman–Crippen MR) is 146 cm³/mol. The van der Waals surface area contributed by atoms with Gasteiger partial charge in [-0.1, -0.05) is 119 Å². The minimum Gasteiger partial charge on any atom is -0.291 e. The van der Waals surface area contributed by atoms with E-state index in [0.717, 1.165) is 54.2 Å². The molecule has 0 unspecified atom stereocenters. The number of imide groups is 1. The molecule has 3 aromatic rings. The zero-order chi connectivity index (χ0) is 24.9. The average Bonchev–Trinajstić information content (AvgIpc) is 3.13. The molecule has 0 N–H and O–H groups in total. The summed E-state index contributed by atoms with van der Waals surface area (Å²) < 4.78 is 1.79. The Kier molecular flexibility index (Phi) is 7.56. The second-order valence-electron chi connectivity index (χ2n) is 9.51. The van der Waals surface area contributed by atoms with Gasteiger partial charge >= 0.3 is 6.03 Å². The van der Waals surface area contributed by atoms with E-state index in [2.05, 4.69) is 20.8 Å². The number of para-hydroxylation sites is 1. The molecule has 0 saturated carbocycles. The van der Waals surface area contributed by atoms with Gasteiger partial charge in [-0.05, 0) is 41.4 Å². The fraction of sp³-hybridized carbons (Fsp3) is 0.333. The number of urea groups is 1. The molecule has 1 heterocycles. The zero-order valence-corrected chi connectivity index (χ0v) is 22.1. The molecule has 0 aliphatic carbocycles. The van der Waals surface area contributed by atoms with Crippen LogP contribution in [0.5, 0.6) is 0 Å². The van der Waals surface area contributed by atoms with E-state index in [1.807, 2.05) is 91.0 Å². The topological polar surface area (TPSA) is 40.6 Å². The molecule has 182 valence electrons. The Morgan fingerprint density at radius 2 is 1.03 bits per heavy atom. The second kappa shape index (κ2) is 10.6. The van der Waals surface area contributed by atoms with Crippen LogP contribution in [0.15, 0.2) is 91.0 Å². The number of rotatable bonds is 10. The first-order valence-corrected chi connectivity index (χ1v) is 15.5. The molecule has 35 heavy (non-hydrogen) atoms. The van der Waals surface area contributed by atoms with Gasteiger partial charge in [-0.3, -0.25) is 14.3 Å². The number of carbonyl (C=O) groups is 2. The number of anilines is 1. The van der Waals surface area contributed by atoms with Crippen molar-refractivity contribution < 1.29 is 9.59 Å². The van der Waals surface area contributed by atoms with Crippen molar-refractivity contribution in [2.24, 2.45) is 0 Å². The summed E-state index contributed by atoms with van der Waals surface area (Å²) in [5, 5.41) is 0. The Hall–Kier alpha value is -3.18. The Balaban J connectivity index is 2.07. The van der Waals surface area contributed by atoms with Gasteiger partial charge in [-0.2, -0.15) is 0 Å². The standard InChI is InChI=1S/C30H36N2O2Si/c1-4-22-35(23-5-2,24-6-3)32-28(33)30(25-16-10-7-11-17-25,26-18-12-8-13-19-26)31(29(32)34)27-20-14-9-15-21-27/h7-21H,4-6,22-24H2,1-3H3. The molecule has 3 amide bonds.